The number of aryl methyl sites for hydroxylation is 1. The van der Waals surface area contributed by atoms with Crippen molar-refractivity contribution in [3.8, 4) is 5.75 Å². The van der Waals surface area contributed by atoms with Crippen molar-refractivity contribution in [1.29, 1.82) is 0 Å². The summed E-state index contributed by atoms with van der Waals surface area (Å²) in [6.45, 7) is 5.38. The highest BCUT2D eigenvalue weighted by atomic mass is 16.5. The molecule has 0 aliphatic rings. The van der Waals surface area contributed by atoms with E-state index in [4.69, 9.17) is 4.74 Å². The van der Waals surface area contributed by atoms with Crippen LogP contribution in [0.5, 0.6) is 5.75 Å². The Kier molecular flexibility index (Phi) is 5.14. The average Bonchev–Trinajstić information content (AvgIpc) is 2.62. The van der Waals surface area contributed by atoms with Crippen LogP contribution in [-0.4, -0.2) is 35.1 Å². The van der Waals surface area contributed by atoms with Crippen molar-refractivity contribution in [2.45, 2.75) is 19.9 Å². The van der Waals surface area contributed by atoms with Crippen molar-refractivity contribution >= 4 is 10.9 Å². The van der Waals surface area contributed by atoms with Crippen LogP contribution in [0.4, 0.5) is 0 Å². The Hall–Kier alpha value is -2.66. The molecule has 0 fully saturated rings. The van der Waals surface area contributed by atoms with Gasteiger partial charge in [0.1, 0.15) is 18.2 Å². The topological polar surface area (TPSA) is 58.2 Å². The molecule has 1 heterocycles. The second-order valence-corrected chi connectivity index (χ2v) is 6.29. The number of nitrogens with zero attached hydrogens (tertiary/aromatic N) is 2. The summed E-state index contributed by atoms with van der Waals surface area (Å²) in [5.41, 5.74) is 1.83. The van der Waals surface area contributed by atoms with Gasteiger partial charge in [0.05, 0.1) is 16.9 Å². The number of fused-ring (bicyclic) bond motifs is 1. The van der Waals surface area contributed by atoms with E-state index in [-0.39, 0.29) is 11.6 Å². The number of aromatic amines is 1. The summed E-state index contributed by atoms with van der Waals surface area (Å²) >= 11 is 0. The van der Waals surface area contributed by atoms with E-state index in [9.17, 15) is 4.79 Å². The molecular formula is C20H23N3O2. The maximum Gasteiger partial charge on any atom is 0.258 e. The number of nitrogens with one attached hydrogen (secondary N) is 1. The number of ether oxygens (including phenoxy) is 1. The predicted octanol–water partition coefficient (Wildman–Crippen LogP) is 3.30. The molecule has 0 bridgehead atoms. The summed E-state index contributed by atoms with van der Waals surface area (Å²) in [7, 11) is 2.00. The third-order valence-corrected chi connectivity index (χ3v) is 4.42. The first kappa shape index (κ1) is 17.2. The van der Waals surface area contributed by atoms with Crippen LogP contribution in [0.3, 0.4) is 0 Å². The number of H-pyrrole nitrogens is 1. The largest absolute Gasteiger partial charge is 0.492 e. The van der Waals surface area contributed by atoms with Gasteiger partial charge in [-0.3, -0.25) is 9.69 Å². The fourth-order valence-corrected chi connectivity index (χ4v) is 2.65. The van der Waals surface area contributed by atoms with E-state index < -0.39 is 0 Å². The first-order valence-corrected chi connectivity index (χ1v) is 8.43. The third-order valence-electron chi connectivity index (χ3n) is 4.42. The minimum atomic E-state index is -0.100. The molecule has 0 aliphatic heterocycles. The number of hydrogen-bond donors (Lipinski definition) is 1. The molecule has 1 N–H and O–H groups in total. The molecule has 2 aromatic carbocycles. The summed E-state index contributed by atoms with van der Waals surface area (Å²) in [6, 6.07) is 15.4. The molecule has 3 aromatic rings. The van der Waals surface area contributed by atoms with Crippen LogP contribution < -0.4 is 10.3 Å². The quantitative estimate of drug-likeness (QED) is 0.750. The number of aromatic nitrogens is 2. The highest BCUT2D eigenvalue weighted by molar-refractivity contribution is 5.77. The molecule has 0 saturated carbocycles. The highest BCUT2D eigenvalue weighted by Crippen LogP contribution is 2.16. The van der Waals surface area contributed by atoms with Crippen molar-refractivity contribution < 1.29 is 4.74 Å². The third kappa shape index (κ3) is 4.06. The number of hydrogen-bond acceptors (Lipinski definition) is 4. The first-order chi connectivity index (χ1) is 12.0. The molecule has 5 heteroatoms. The first-order valence-electron chi connectivity index (χ1n) is 8.43. The molecule has 0 radical (unpaired) electrons. The van der Waals surface area contributed by atoms with Gasteiger partial charge in [0, 0.05) is 6.54 Å². The lowest BCUT2D eigenvalue weighted by Crippen LogP contribution is -2.29. The van der Waals surface area contributed by atoms with E-state index in [1.165, 1.54) is 5.56 Å². The predicted molar refractivity (Wildman–Crippen MR) is 100 cm³/mol. The Labute approximate surface area is 147 Å². The van der Waals surface area contributed by atoms with Gasteiger partial charge in [-0.2, -0.15) is 0 Å². The van der Waals surface area contributed by atoms with E-state index >= 15 is 0 Å². The lowest BCUT2D eigenvalue weighted by Gasteiger charge is -2.24. The zero-order valence-corrected chi connectivity index (χ0v) is 14.8. The van der Waals surface area contributed by atoms with Gasteiger partial charge in [0.25, 0.3) is 5.56 Å². The molecule has 3 rings (SSSR count). The molecular weight excluding hydrogens is 314 g/mol. The zero-order chi connectivity index (χ0) is 17.8. The second kappa shape index (κ2) is 7.49. The maximum atomic E-state index is 12.2. The van der Waals surface area contributed by atoms with Gasteiger partial charge in [-0.1, -0.05) is 29.8 Å². The van der Waals surface area contributed by atoms with E-state index in [1.807, 2.05) is 56.4 Å². The Bertz CT molecular complexity index is 903. The van der Waals surface area contributed by atoms with Crippen LogP contribution in [0.2, 0.25) is 0 Å². The molecule has 0 amide bonds. The van der Waals surface area contributed by atoms with Crippen molar-refractivity contribution in [3.63, 3.8) is 0 Å². The van der Waals surface area contributed by atoms with Crippen molar-refractivity contribution in [2.75, 3.05) is 20.2 Å². The molecule has 1 atom stereocenters. The lowest BCUT2D eigenvalue weighted by atomic mass is 10.2. The minimum absolute atomic E-state index is 0.0149. The Balaban J connectivity index is 1.64. The van der Waals surface area contributed by atoms with Crippen molar-refractivity contribution in [1.82, 2.24) is 14.9 Å². The summed E-state index contributed by atoms with van der Waals surface area (Å²) in [5, 5.41) is 0.615. The molecule has 0 unspecified atom stereocenters. The van der Waals surface area contributed by atoms with Gasteiger partial charge in [-0.15, -0.1) is 0 Å². The van der Waals surface area contributed by atoms with Crippen LogP contribution >= 0.6 is 0 Å². The van der Waals surface area contributed by atoms with Gasteiger partial charge in [-0.25, -0.2) is 4.98 Å². The fraction of sp³-hybridized carbons (Fsp3) is 0.300. The van der Waals surface area contributed by atoms with Crippen LogP contribution in [0, 0.1) is 6.92 Å². The van der Waals surface area contributed by atoms with Gasteiger partial charge >= 0.3 is 0 Å². The van der Waals surface area contributed by atoms with Crippen LogP contribution in [0.15, 0.2) is 53.3 Å². The van der Waals surface area contributed by atoms with Crippen molar-refractivity contribution in [3.05, 3.63) is 70.3 Å². The second-order valence-electron chi connectivity index (χ2n) is 6.29. The molecule has 1 aromatic heterocycles. The molecule has 0 saturated heterocycles. The summed E-state index contributed by atoms with van der Waals surface area (Å²) in [4.78, 5) is 21.8. The van der Waals surface area contributed by atoms with Crippen LogP contribution in [0.25, 0.3) is 10.9 Å². The molecule has 5 nitrogen and oxygen atoms in total. The average molecular weight is 337 g/mol. The maximum absolute atomic E-state index is 12.2. The number of likely N-dealkylation sites (N-methyl/N-ethyl adjacent to an activating group) is 1. The summed E-state index contributed by atoms with van der Waals surface area (Å²) < 4.78 is 5.78. The molecule has 25 heavy (non-hydrogen) atoms. The lowest BCUT2D eigenvalue weighted by molar-refractivity contribution is 0.196. The van der Waals surface area contributed by atoms with E-state index in [0.717, 1.165) is 17.8 Å². The Morgan fingerprint density at radius 3 is 2.64 bits per heavy atom. The van der Waals surface area contributed by atoms with Crippen molar-refractivity contribution in [2.24, 2.45) is 0 Å². The van der Waals surface area contributed by atoms with E-state index in [0.29, 0.717) is 17.8 Å². The number of para-hydroxylation sites is 1. The standard InChI is InChI=1S/C20H23N3O2/c1-14-8-10-16(11-9-14)25-13-12-23(3)15(2)19-21-18-7-5-4-6-17(18)20(24)22-19/h4-11,15H,12-13H2,1-3H3,(H,21,22,24)/t15-/m0/s1. The van der Waals surface area contributed by atoms with Crippen LogP contribution in [0.1, 0.15) is 24.4 Å². The Morgan fingerprint density at radius 1 is 1.16 bits per heavy atom. The highest BCUT2D eigenvalue weighted by Gasteiger charge is 2.15. The monoisotopic (exact) mass is 337 g/mol. The normalized spacial score (nSPS) is 12.5. The fourth-order valence-electron chi connectivity index (χ4n) is 2.65. The summed E-state index contributed by atoms with van der Waals surface area (Å²) in [6.07, 6.45) is 0. The van der Waals surface area contributed by atoms with Gasteiger partial charge in [0.15, 0.2) is 0 Å². The number of rotatable bonds is 6. The SMILES string of the molecule is Cc1ccc(OCCN(C)[C@@H](C)c2nc3ccccc3c(=O)[nH]2)cc1. The van der Waals surface area contributed by atoms with E-state index in [1.54, 1.807) is 6.07 Å². The van der Waals surface area contributed by atoms with Gasteiger partial charge in [0.2, 0.25) is 0 Å². The van der Waals surface area contributed by atoms with Crippen LogP contribution in [-0.2, 0) is 0 Å². The van der Waals surface area contributed by atoms with E-state index in [2.05, 4.69) is 21.8 Å². The number of benzene rings is 2. The minimum Gasteiger partial charge on any atom is -0.492 e. The Morgan fingerprint density at radius 2 is 1.88 bits per heavy atom. The molecule has 0 aliphatic carbocycles. The zero-order valence-electron chi connectivity index (χ0n) is 14.8. The smallest absolute Gasteiger partial charge is 0.258 e. The summed E-state index contributed by atoms with van der Waals surface area (Å²) in [5.74, 6) is 1.53. The van der Waals surface area contributed by atoms with Gasteiger partial charge < -0.3 is 9.72 Å². The van der Waals surface area contributed by atoms with Gasteiger partial charge in [-0.05, 0) is 45.2 Å². The molecule has 0 spiro atoms. The molecule has 130 valence electrons.